The van der Waals surface area contributed by atoms with Crippen molar-refractivity contribution in [3.05, 3.63) is 21.4 Å². The molecule has 19 heavy (non-hydrogen) atoms. The van der Waals surface area contributed by atoms with Gasteiger partial charge < -0.3 is 10.4 Å². The lowest BCUT2D eigenvalue weighted by molar-refractivity contribution is 0.182. The number of rotatable bonds is 5. The van der Waals surface area contributed by atoms with Crippen LogP contribution in [0, 0.1) is 0 Å². The number of amides is 1. The van der Waals surface area contributed by atoms with Crippen molar-refractivity contribution in [1.82, 2.24) is 5.32 Å². The largest absolute Gasteiger partial charge is 0.465 e. The Bertz CT molecular complexity index is 421. The highest BCUT2D eigenvalue weighted by molar-refractivity contribution is 7.10. The predicted octanol–water partition coefficient (Wildman–Crippen LogP) is 4.58. The molecule has 1 aromatic rings. The first-order chi connectivity index (χ1) is 8.64. The van der Waals surface area contributed by atoms with Crippen LogP contribution >= 0.6 is 11.3 Å². The van der Waals surface area contributed by atoms with Gasteiger partial charge in [0, 0.05) is 10.4 Å². The Morgan fingerprint density at radius 3 is 2.32 bits per heavy atom. The molecular formula is C15H25NO2S. The third-order valence-corrected chi connectivity index (χ3v) is 4.51. The van der Waals surface area contributed by atoms with Gasteiger partial charge in [-0.1, -0.05) is 27.7 Å². The summed E-state index contributed by atoms with van der Waals surface area (Å²) in [6.07, 6.45) is -0.221. The van der Waals surface area contributed by atoms with E-state index in [4.69, 9.17) is 5.11 Å². The summed E-state index contributed by atoms with van der Waals surface area (Å²) in [5, 5.41) is 13.8. The average molecular weight is 283 g/mol. The van der Waals surface area contributed by atoms with Crippen LogP contribution in [0.2, 0.25) is 0 Å². The molecule has 0 radical (unpaired) electrons. The molecule has 1 amide bonds. The Kier molecular flexibility index (Phi) is 5.02. The van der Waals surface area contributed by atoms with Gasteiger partial charge in [-0.05, 0) is 48.6 Å². The first-order valence-corrected chi connectivity index (χ1v) is 7.63. The minimum absolute atomic E-state index is 0.444. The van der Waals surface area contributed by atoms with Crippen molar-refractivity contribution in [3.63, 3.8) is 0 Å². The number of hydrogen-bond donors (Lipinski definition) is 2. The molecule has 0 aliphatic heterocycles. The molecule has 0 atom stereocenters. The second-order valence-electron chi connectivity index (χ2n) is 6.33. The lowest BCUT2D eigenvalue weighted by Crippen LogP contribution is -2.44. The van der Waals surface area contributed by atoms with E-state index in [2.05, 4.69) is 38.4 Å². The van der Waals surface area contributed by atoms with Crippen LogP contribution in [0.15, 0.2) is 5.38 Å². The Balaban J connectivity index is 3.10. The quantitative estimate of drug-likeness (QED) is 0.830. The van der Waals surface area contributed by atoms with E-state index < -0.39 is 11.6 Å². The third-order valence-electron chi connectivity index (χ3n) is 3.17. The second-order valence-corrected chi connectivity index (χ2v) is 7.25. The minimum Gasteiger partial charge on any atom is -0.465 e. The summed E-state index contributed by atoms with van der Waals surface area (Å²) in [5.41, 5.74) is 2.24. The van der Waals surface area contributed by atoms with E-state index in [9.17, 15) is 4.79 Å². The van der Waals surface area contributed by atoms with Gasteiger partial charge in [0.05, 0.1) is 0 Å². The standard InChI is InChI=1S/C15H25NO2S/c1-9(2)12-8-19-13(10(3)4)11(12)7-15(5,6)16-14(17)18/h8-10,16H,7H2,1-6H3,(H,17,18). The van der Waals surface area contributed by atoms with Gasteiger partial charge in [-0.2, -0.15) is 0 Å². The van der Waals surface area contributed by atoms with E-state index in [1.807, 2.05) is 13.8 Å². The third kappa shape index (κ3) is 4.23. The number of thiophene rings is 1. The molecule has 0 unspecified atom stereocenters. The molecule has 1 aromatic heterocycles. The van der Waals surface area contributed by atoms with E-state index in [0.717, 1.165) is 6.42 Å². The van der Waals surface area contributed by atoms with E-state index in [1.165, 1.54) is 16.0 Å². The molecule has 0 saturated carbocycles. The fourth-order valence-corrected chi connectivity index (χ4v) is 3.62. The van der Waals surface area contributed by atoms with Crippen LogP contribution in [0.1, 0.15) is 69.4 Å². The lowest BCUT2D eigenvalue weighted by atomic mass is 9.88. The zero-order valence-corrected chi connectivity index (χ0v) is 13.5. The number of hydrogen-bond acceptors (Lipinski definition) is 2. The van der Waals surface area contributed by atoms with Crippen LogP contribution in [0.25, 0.3) is 0 Å². The maximum absolute atomic E-state index is 10.9. The fraction of sp³-hybridized carbons (Fsp3) is 0.667. The molecule has 108 valence electrons. The topological polar surface area (TPSA) is 49.3 Å². The summed E-state index contributed by atoms with van der Waals surface area (Å²) in [6.45, 7) is 12.6. The monoisotopic (exact) mass is 283 g/mol. The number of carboxylic acid groups (broad SMARTS) is 1. The summed E-state index contributed by atoms with van der Waals surface area (Å²) in [5.74, 6) is 0.951. The summed E-state index contributed by atoms with van der Waals surface area (Å²) < 4.78 is 0. The summed E-state index contributed by atoms with van der Waals surface area (Å²) in [6, 6.07) is 0. The van der Waals surface area contributed by atoms with Crippen molar-refractivity contribution in [1.29, 1.82) is 0 Å². The van der Waals surface area contributed by atoms with Gasteiger partial charge in [0.2, 0.25) is 0 Å². The van der Waals surface area contributed by atoms with Gasteiger partial charge in [-0.15, -0.1) is 11.3 Å². The van der Waals surface area contributed by atoms with Gasteiger partial charge in [-0.3, -0.25) is 0 Å². The Labute approximate surface area is 120 Å². The lowest BCUT2D eigenvalue weighted by Gasteiger charge is -2.26. The van der Waals surface area contributed by atoms with E-state index in [0.29, 0.717) is 11.8 Å². The molecular weight excluding hydrogens is 258 g/mol. The number of nitrogens with one attached hydrogen (secondary N) is 1. The fourth-order valence-electron chi connectivity index (χ4n) is 2.35. The van der Waals surface area contributed by atoms with Gasteiger partial charge in [0.1, 0.15) is 0 Å². The van der Waals surface area contributed by atoms with Crippen molar-refractivity contribution in [2.24, 2.45) is 0 Å². The van der Waals surface area contributed by atoms with Crippen LogP contribution in [-0.4, -0.2) is 16.7 Å². The van der Waals surface area contributed by atoms with Crippen LogP contribution in [0.4, 0.5) is 4.79 Å². The van der Waals surface area contributed by atoms with Crippen molar-refractivity contribution in [2.45, 2.75) is 65.3 Å². The molecule has 0 spiro atoms. The Morgan fingerprint density at radius 1 is 1.32 bits per heavy atom. The Morgan fingerprint density at radius 2 is 1.89 bits per heavy atom. The van der Waals surface area contributed by atoms with E-state index in [1.54, 1.807) is 11.3 Å². The predicted molar refractivity (Wildman–Crippen MR) is 81.4 cm³/mol. The molecule has 3 nitrogen and oxygen atoms in total. The van der Waals surface area contributed by atoms with Crippen LogP contribution in [0.5, 0.6) is 0 Å². The van der Waals surface area contributed by atoms with Crippen molar-refractivity contribution in [3.8, 4) is 0 Å². The minimum atomic E-state index is -0.961. The molecule has 2 N–H and O–H groups in total. The zero-order valence-electron chi connectivity index (χ0n) is 12.7. The smallest absolute Gasteiger partial charge is 0.405 e. The van der Waals surface area contributed by atoms with Gasteiger partial charge >= 0.3 is 6.09 Å². The normalized spacial score (nSPS) is 12.2. The second kappa shape index (κ2) is 5.95. The summed E-state index contributed by atoms with van der Waals surface area (Å²) in [7, 11) is 0. The summed E-state index contributed by atoms with van der Waals surface area (Å²) >= 11 is 1.80. The van der Waals surface area contributed by atoms with Gasteiger partial charge in [0.25, 0.3) is 0 Å². The SMILES string of the molecule is CC(C)c1csc(C(C)C)c1CC(C)(C)NC(=O)O. The molecule has 4 heteroatoms. The zero-order chi connectivity index (χ0) is 14.8. The van der Waals surface area contributed by atoms with Crippen molar-refractivity contribution >= 4 is 17.4 Å². The first-order valence-electron chi connectivity index (χ1n) is 6.75. The molecule has 1 heterocycles. The highest BCUT2D eigenvalue weighted by Crippen LogP contribution is 2.35. The first kappa shape index (κ1) is 16.0. The van der Waals surface area contributed by atoms with Crippen molar-refractivity contribution in [2.75, 3.05) is 0 Å². The van der Waals surface area contributed by atoms with Gasteiger partial charge in [-0.25, -0.2) is 4.79 Å². The van der Waals surface area contributed by atoms with Crippen LogP contribution in [-0.2, 0) is 6.42 Å². The molecule has 0 aliphatic carbocycles. The van der Waals surface area contributed by atoms with E-state index in [-0.39, 0.29) is 0 Å². The maximum atomic E-state index is 10.9. The highest BCUT2D eigenvalue weighted by Gasteiger charge is 2.26. The van der Waals surface area contributed by atoms with Gasteiger partial charge in [0.15, 0.2) is 0 Å². The molecule has 0 saturated heterocycles. The summed E-state index contributed by atoms with van der Waals surface area (Å²) in [4.78, 5) is 12.3. The molecule has 0 fully saturated rings. The molecule has 0 bridgehead atoms. The molecule has 0 aliphatic rings. The van der Waals surface area contributed by atoms with Crippen LogP contribution < -0.4 is 5.32 Å². The number of carbonyl (C=O) groups is 1. The van der Waals surface area contributed by atoms with E-state index >= 15 is 0 Å². The Hall–Kier alpha value is -1.03. The maximum Gasteiger partial charge on any atom is 0.405 e. The van der Waals surface area contributed by atoms with Crippen molar-refractivity contribution < 1.29 is 9.90 Å². The average Bonchev–Trinajstić information content (AvgIpc) is 2.57. The molecule has 0 aromatic carbocycles. The molecule has 1 rings (SSSR count). The van der Waals surface area contributed by atoms with Crippen LogP contribution in [0.3, 0.4) is 0 Å². The highest BCUT2D eigenvalue weighted by atomic mass is 32.1.